The maximum absolute atomic E-state index is 5.48. The van der Waals surface area contributed by atoms with E-state index < -0.39 is 0 Å². The molecule has 0 rings (SSSR count). The zero-order valence-corrected chi connectivity index (χ0v) is 7.84. The van der Waals surface area contributed by atoms with E-state index in [-0.39, 0.29) is 0 Å². The van der Waals surface area contributed by atoms with Gasteiger partial charge in [-0.05, 0) is 31.7 Å². The van der Waals surface area contributed by atoms with Crippen molar-refractivity contribution < 1.29 is 0 Å². The molecule has 0 aromatic heterocycles. The molecule has 0 amide bonds. The second-order valence-electron chi connectivity index (χ2n) is 2.96. The minimum atomic E-state index is 0.714. The molecule has 0 aliphatic heterocycles. The predicted molar refractivity (Wildman–Crippen MR) is 51.5 cm³/mol. The van der Waals surface area contributed by atoms with Gasteiger partial charge in [0.1, 0.15) is 0 Å². The van der Waals surface area contributed by atoms with Gasteiger partial charge in [-0.1, -0.05) is 32.4 Å². The van der Waals surface area contributed by atoms with Crippen molar-refractivity contribution in [2.45, 2.75) is 39.5 Å². The Bertz CT molecular complexity index is 97.0. The standard InChI is InChI=1S/C10H21N/c1-3-5-6-7-10(4-2)8-9-11/h6-7,10H,3-5,8-9,11H2,1-2H3/b7-6-. The van der Waals surface area contributed by atoms with Crippen molar-refractivity contribution in [3.05, 3.63) is 12.2 Å². The van der Waals surface area contributed by atoms with Crippen molar-refractivity contribution in [1.29, 1.82) is 0 Å². The van der Waals surface area contributed by atoms with Gasteiger partial charge in [0, 0.05) is 0 Å². The highest BCUT2D eigenvalue weighted by Gasteiger charge is 1.97. The molecule has 0 spiro atoms. The fourth-order valence-electron chi connectivity index (χ4n) is 1.11. The first-order valence-electron chi connectivity index (χ1n) is 4.71. The third-order valence-corrected chi connectivity index (χ3v) is 1.93. The molecule has 11 heavy (non-hydrogen) atoms. The largest absolute Gasteiger partial charge is 0.330 e. The Hall–Kier alpha value is -0.300. The number of rotatable bonds is 6. The van der Waals surface area contributed by atoms with Crippen molar-refractivity contribution >= 4 is 0 Å². The highest BCUT2D eigenvalue weighted by atomic mass is 14.5. The molecule has 0 bridgehead atoms. The average Bonchev–Trinajstić information content (AvgIpc) is 2.03. The quantitative estimate of drug-likeness (QED) is 0.586. The number of nitrogens with two attached hydrogens (primary N) is 1. The van der Waals surface area contributed by atoms with Crippen LogP contribution in [0.2, 0.25) is 0 Å². The fourth-order valence-corrected chi connectivity index (χ4v) is 1.11. The molecule has 0 aliphatic carbocycles. The first kappa shape index (κ1) is 10.7. The third kappa shape index (κ3) is 6.11. The molecular formula is C10H21N. The molecule has 1 atom stereocenters. The van der Waals surface area contributed by atoms with Gasteiger partial charge in [0.2, 0.25) is 0 Å². The minimum Gasteiger partial charge on any atom is -0.330 e. The summed E-state index contributed by atoms with van der Waals surface area (Å²) in [6, 6.07) is 0. The van der Waals surface area contributed by atoms with Crippen LogP contribution in [-0.4, -0.2) is 6.54 Å². The van der Waals surface area contributed by atoms with Crippen LogP contribution in [0.1, 0.15) is 39.5 Å². The Morgan fingerprint density at radius 1 is 1.36 bits per heavy atom. The third-order valence-electron chi connectivity index (χ3n) is 1.93. The van der Waals surface area contributed by atoms with E-state index in [1.807, 2.05) is 0 Å². The van der Waals surface area contributed by atoms with E-state index in [1.54, 1.807) is 0 Å². The molecule has 0 radical (unpaired) electrons. The predicted octanol–water partition coefficient (Wildman–Crippen LogP) is 2.72. The summed E-state index contributed by atoms with van der Waals surface area (Å²) in [5.74, 6) is 0.714. The molecule has 66 valence electrons. The van der Waals surface area contributed by atoms with Crippen LogP contribution >= 0.6 is 0 Å². The lowest BCUT2D eigenvalue weighted by molar-refractivity contribution is 0.579. The zero-order chi connectivity index (χ0) is 8.53. The Kier molecular flexibility index (Phi) is 7.59. The molecule has 2 N–H and O–H groups in total. The summed E-state index contributed by atoms with van der Waals surface area (Å²) in [7, 11) is 0. The van der Waals surface area contributed by atoms with Crippen molar-refractivity contribution in [2.75, 3.05) is 6.54 Å². The maximum Gasteiger partial charge on any atom is -0.00717 e. The van der Waals surface area contributed by atoms with E-state index in [9.17, 15) is 0 Å². The molecule has 0 heterocycles. The molecular weight excluding hydrogens is 134 g/mol. The van der Waals surface area contributed by atoms with Crippen LogP contribution < -0.4 is 5.73 Å². The summed E-state index contributed by atoms with van der Waals surface area (Å²) in [5, 5.41) is 0. The summed E-state index contributed by atoms with van der Waals surface area (Å²) in [5.41, 5.74) is 5.48. The molecule has 1 unspecified atom stereocenters. The van der Waals surface area contributed by atoms with Crippen LogP contribution in [-0.2, 0) is 0 Å². The Balaban J connectivity index is 3.49. The number of unbranched alkanes of at least 4 members (excludes halogenated alkanes) is 1. The number of hydrogen-bond acceptors (Lipinski definition) is 1. The lowest BCUT2D eigenvalue weighted by atomic mass is 10.0. The SMILES string of the molecule is CCC/C=C\C(CC)CCN. The lowest BCUT2D eigenvalue weighted by Gasteiger charge is -2.06. The van der Waals surface area contributed by atoms with E-state index >= 15 is 0 Å². The Morgan fingerprint density at radius 3 is 2.55 bits per heavy atom. The van der Waals surface area contributed by atoms with Gasteiger partial charge in [0.05, 0.1) is 0 Å². The summed E-state index contributed by atoms with van der Waals surface area (Å²) >= 11 is 0. The summed E-state index contributed by atoms with van der Waals surface area (Å²) in [6.45, 7) is 5.24. The first-order valence-corrected chi connectivity index (χ1v) is 4.71. The molecule has 0 fully saturated rings. The van der Waals surface area contributed by atoms with Gasteiger partial charge in [-0.3, -0.25) is 0 Å². The maximum atomic E-state index is 5.48. The molecule has 0 aliphatic rings. The first-order chi connectivity index (χ1) is 5.35. The van der Waals surface area contributed by atoms with E-state index in [0.29, 0.717) is 5.92 Å². The van der Waals surface area contributed by atoms with Crippen molar-refractivity contribution in [2.24, 2.45) is 11.7 Å². The molecule has 0 saturated heterocycles. The van der Waals surface area contributed by atoms with Crippen LogP contribution in [0.4, 0.5) is 0 Å². The summed E-state index contributed by atoms with van der Waals surface area (Å²) in [6.07, 6.45) is 9.41. The Morgan fingerprint density at radius 2 is 2.09 bits per heavy atom. The summed E-state index contributed by atoms with van der Waals surface area (Å²) < 4.78 is 0. The number of allylic oxidation sites excluding steroid dienone is 2. The molecule has 0 aromatic rings. The van der Waals surface area contributed by atoms with Gasteiger partial charge < -0.3 is 5.73 Å². The summed E-state index contributed by atoms with van der Waals surface area (Å²) in [4.78, 5) is 0. The monoisotopic (exact) mass is 155 g/mol. The van der Waals surface area contributed by atoms with Gasteiger partial charge in [0.25, 0.3) is 0 Å². The normalized spacial score (nSPS) is 14.1. The van der Waals surface area contributed by atoms with E-state index in [4.69, 9.17) is 5.73 Å². The van der Waals surface area contributed by atoms with Crippen LogP contribution in [0.25, 0.3) is 0 Å². The second-order valence-corrected chi connectivity index (χ2v) is 2.96. The van der Waals surface area contributed by atoms with E-state index in [2.05, 4.69) is 26.0 Å². The van der Waals surface area contributed by atoms with Crippen LogP contribution in [0, 0.1) is 5.92 Å². The van der Waals surface area contributed by atoms with Gasteiger partial charge in [0.15, 0.2) is 0 Å². The average molecular weight is 155 g/mol. The molecule has 1 heteroatoms. The van der Waals surface area contributed by atoms with E-state index in [1.165, 1.54) is 19.3 Å². The topological polar surface area (TPSA) is 26.0 Å². The molecule has 0 aromatic carbocycles. The van der Waals surface area contributed by atoms with Crippen LogP contribution in [0.5, 0.6) is 0 Å². The second kappa shape index (κ2) is 7.80. The van der Waals surface area contributed by atoms with Gasteiger partial charge in [-0.15, -0.1) is 0 Å². The zero-order valence-electron chi connectivity index (χ0n) is 7.84. The van der Waals surface area contributed by atoms with Crippen molar-refractivity contribution in [3.63, 3.8) is 0 Å². The van der Waals surface area contributed by atoms with Gasteiger partial charge >= 0.3 is 0 Å². The number of hydrogen-bond donors (Lipinski definition) is 1. The van der Waals surface area contributed by atoms with Crippen LogP contribution in [0.15, 0.2) is 12.2 Å². The van der Waals surface area contributed by atoms with Gasteiger partial charge in [-0.25, -0.2) is 0 Å². The molecule has 0 saturated carbocycles. The van der Waals surface area contributed by atoms with E-state index in [0.717, 1.165) is 13.0 Å². The van der Waals surface area contributed by atoms with Gasteiger partial charge in [-0.2, -0.15) is 0 Å². The lowest BCUT2D eigenvalue weighted by Crippen LogP contribution is -2.05. The molecule has 1 nitrogen and oxygen atoms in total. The van der Waals surface area contributed by atoms with Crippen LogP contribution in [0.3, 0.4) is 0 Å². The highest BCUT2D eigenvalue weighted by Crippen LogP contribution is 2.09. The Labute approximate surface area is 70.7 Å². The van der Waals surface area contributed by atoms with Crippen molar-refractivity contribution in [3.8, 4) is 0 Å². The minimum absolute atomic E-state index is 0.714. The smallest absolute Gasteiger partial charge is 0.00717 e. The highest BCUT2D eigenvalue weighted by molar-refractivity contribution is 4.87. The van der Waals surface area contributed by atoms with Crippen molar-refractivity contribution in [1.82, 2.24) is 0 Å². The fraction of sp³-hybridized carbons (Fsp3) is 0.800.